The van der Waals surface area contributed by atoms with E-state index in [9.17, 15) is 8.42 Å². The summed E-state index contributed by atoms with van der Waals surface area (Å²) in [6, 6.07) is 16.4. The van der Waals surface area contributed by atoms with Crippen LogP contribution in [0, 0.1) is 0 Å². The van der Waals surface area contributed by atoms with Crippen molar-refractivity contribution >= 4 is 21.4 Å². The molecular weight excluding hydrogens is 274 g/mol. The number of sulfonamides is 1. The van der Waals surface area contributed by atoms with Crippen LogP contribution >= 0.6 is 0 Å². The topological polar surface area (TPSA) is 84.5 Å². The molecule has 0 aliphatic carbocycles. The number of hydrogen-bond donors (Lipinski definition) is 2. The number of anilines is 1. The van der Waals surface area contributed by atoms with Crippen molar-refractivity contribution in [2.24, 2.45) is 10.9 Å². The molecule has 0 aliphatic heterocycles. The second-order valence-corrected chi connectivity index (χ2v) is 6.04. The van der Waals surface area contributed by atoms with Crippen LogP contribution in [0.5, 0.6) is 0 Å². The van der Waals surface area contributed by atoms with Crippen LogP contribution in [0.4, 0.5) is 5.69 Å². The maximum Gasteiger partial charge on any atom is 0.229 e. The van der Waals surface area contributed by atoms with Crippen LogP contribution in [-0.4, -0.2) is 20.4 Å². The van der Waals surface area contributed by atoms with Gasteiger partial charge in [-0.2, -0.15) is 5.10 Å². The molecule has 2 aromatic carbocycles. The van der Waals surface area contributed by atoms with Crippen LogP contribution in [0.25, 0.3) is 0 Å². The Bertz CT molecular complexity index is 708. The lowest BCUT2D eigenvalue weighted by molar-refractivity contribution is 0.607. The number of hydrazone groups is 1. The largest absolute Gasteiger partial charge is 0.323 e. The third kappa shape index (κ3) is 3.58. The average molecular weight is 289 g/mol. The average Bonchev–Trinajstić information content (AvgIpc) is 2.41. The zero-order chi connectivity index (χ0) is 14.6. The molecule has 0 bridgehead atoms. The number of nitrogens with two attached hydrogens (primary N) is 1. The Morgan fingerprint density at radius 3 is 2.05 bits per heavy atom. The highest BCUT2D eigenvalue weighted by Crippen LogP contribution is 2.15. The molecule has 104 valence electrons. The van der Waals surface area contributed by atoms with Crippen molar-refractivity contribution in [2.75, 3.05) is 11.0 Å². The number of nitrogens with one attached hydrogen (secondary N) is 1. The lowest BCUT2D eigenvalue weighted by Crippen LogP contribution is -2.10. The first-order valence-corrected chi connectivity index (χ1v) is 7.80. The lowest BCUT2D eigenvalue weighted by Gasteiger charge is -2.08. The van der Waals surface area contributed by atoms with Gasteiger partial charge in [0, 0.05) is 16.8 Å². The molecule has 0 amide bonds. The molecule has 2 aromatic rings. The Kier molecular flexibility index (Phi) is 4.05. The first-order valence-electron chi connectivity index (χ1n) is 5.91. The molecule has 0 aliphatic rings. The first kappa shape index (κ1) is 14.1. The van der Waals surface area contributed by atoms with Crippen LogP contribution in [-0.2, 0) is 10.0 Å². The zero-order valence-corrected chi connectivity index (χ0v) is 11.8. The van der Waals surface area contributed by atoms with Gasteiger partial charge >= 0.3 is 0 Å². The monoisotopic (exact) mass is 289 g/mol. The smallest absolute Gasteiger partial charge is 0.229 e. The van der Waals surface area contributed by atoms with E-state index in [-0.39, 0.29) is 0 Å². The van der Waals surface area contributed by atoms with Crippen LogP contribution in [0.3, 0.4) is 0 Å². The van der Waals surface area contributed by atoms with Gasteiger partial charge in [0.1, 0.15) is 0 Å². The Morgan fingerprint density at radius 1 is 1.00 bits per heavy atom. The summed E-state index contributed by atoms with van der Waals surface area (Å²) in [5.74, 6) is 5.45. The Labute approximate surface area is 118 Å². The van der Waals surface area contributed by atoms with E-state index in [1.807, 2.05) is 30.3 Å². The SMILES string of the molecule is CS(=O)(=O)Nc1ccc(C(=NN)c2ccccc2)cc1. The normalized spacial score (nSPS) is 12.2. The molecule has 0 aromatic heterocycles. The van der Waals surface area contributed by atoms with E-state index in [0.717, 1.165) is 17.4 Å². The number of hydrogen-bond acceptors (Lipinski definition) is 4. The van der Waals surface area contributed by atoms with Crippen molar-refractivity contribution in [3.05, 3.63) is 65.7 Å². The molecule has 3 N–H and O–H groups in total. The fraction of sp³-hybridized carbons (Fsp3) is 0.0714. The summed E-state index contributed by atoms with van der Waals surface area (Å²) in [6.45, 7) is 0. The first-order chi connectivity index (χ1) is 9.49. The molecule has 0 radical (unpaired) electrons. The van der Waals surface area contributed by atoms with Crippen LogP contribution in [0.2, 0.25) is 0 Å². The molecule has 20 heavy (non-hydrogen) atoms. The molecule has 0 saturated heterocycles. The summed E-state index contributed by atoms with van der Waals surface area (Å²) in [5, 5.41) is 3.81. The van der Waals surface area contributed by atoms with Gasteiger partial charge in [-0.3, -0.25) is 4.72 Å². The second-order valence-electron chi connectivity index (χ2n) is 4.30. The minimum absolute atomic E-state index is 0.501. The Balaban J connectivity index is 2.30. The highest BCUT2D eigenvalue weighted by molar-refractivity contribution is 7.92. The molecule has 0 atom stereocenters. The van der Waals surface area contributed by atoms with Gasteiger partial charge in [-0.25, -0.2) is 8.42 Å². The van der Waals surface area contributed by atoms with E-state index < -0.39 is 10.0 Å². The van der Waals surface area contributed by atoms with E-state index in [4.69, 9.17) is 5.84 Å². The number of nitrogens with zero attached hydrogens (tertiary/aromatic N) is 1. The van der Waals surface area contributed by atoms with E-state index in [1.165, 1.54) is 0 Å². The molecule has 6 heteroatoms. The predicted octanol–water partition coefficient (Wildman–Crippen LogP) is 1.77. The summed E-state index contributed by atoms with van der Waals surface area (Å²) < 4.78 is 24.7. The predicted molar refractivity (Wildman–Crippen MR) is 81.2 cm³/mol. The Hall–Kier alpha value is -2.34. The quantitative estimate of drug-likeness (QED) is 0.511. The summed E-state index contributed by atoms with van der Waals surface area (Å²) in [7, 11) is -3.27. The minimum Gasteiger partial charge on any atom is -0.323 e. The maximum atomic E-state index is 11.1. The van der Waals surface area contributed by atoms with E-state index in [0.29, 0.717) is 11.4 Å². The standard InChI is InChI=1S/C14H15N3O2S/c1-20(18,19)17-13-9-7-12(8-10-13)14(16-15)11-5-3-2-4-6-11/h2-10,17H,15H2,1H3. The molecule has 5 nitrogen and oxygen atoms in total. The van der Waals surface area contributed by atoms with Gasteiger partial charge in [0.2, 0.25) is 10.0 Å². The minimum atomic E-state index is -3.27. The Morgan fingerprint density at radius 2 is 1.55 bits per heavy atom. The summed E-state index contributed by atoms with van der Waals surface area (Å²) in [4.78, 5) is 0. The molecule has 0 spiro atoms. The maximum absolute atomic E-state index is 11.1. The molecule has 2 rings (SSSR count). The van der Waals surface area contributed by atoms with Gasteiger partial charge in [0.15, 0.2) is 0 Å². The third-order valence-electron chi connectivity index (χ3n) is 2.64. The van der Waals surface area contributed by atoms with Crippen molar-refractivity contribution < 1.29 is 8.42 Å². The highest BCUT2D eigenvalue weighted by atomic mass is 32.2. The summed E-state index contributed by atoms with van der Waals surface area (Å²) in [5.41, 5.74) is 2.87. The van der Waals surface area contributed by atoms with Crippen molar-refractivity contribution in [1.29, 1.82) is 0 Å². The highest BCUT2D eigenvalue weighted by Gasteiger charge is 2.07. The molecule has 0 saturated carbocycles. The molecule has 0 fully saturated rings. The summed E-state index contributed by atoms with van der Waals surface area (Å²) >= 11 is 0. The van der Waals surface area contributed by atoms with Gasteiger partial charge in [0.05, 0.1) is 12.0 Å². The molecule has 0 unspecified atom stereocenters. The van der Waals surface area contributed by atoms with Crippen LogP contribution in [0.1, 0.15) is 11.1 Å². The second kappa shape index (κ2) is 5.75. The third-order valence-corrected chi connectivity index (χ3v) is 3.24. The van der Waals surface area contributed by atoms with Crippen LogP contribution in [0.15, 0.2) is 59.7 Å². The van der Waals surface area contributed by atoms with Crippen molar-refractivity contribution in [3.63, 3.8) is 0 Å². The number of benzene rings is 2. The van der Waals surface area contributed by atoms with E-state index in [2.05, 4.69) is 9.82 Å². The van der Waals surface area contributed by atoms with Crippen molar-refractivity contribution in [3.8, 4) is 0 Å². The van der Waals surface area contributed by atoms with E-state index in [1.54, 1.807) is 24.3 Å². The zero-order valence-electron chi connectivity index (χ0n) is 10.9. The van der Waals surface area contributed by atoms with Gasteiger partial charge in [-0.05, 0) is 12.1 Å². The van der Waals surface area contributed by atoms with Crippen molar-refractivity contribution in [2.45, 2.75) is 0 Å². The molecule has 0 heterocycles. The van der Waals surface area contributed by atoms with E-state index >= 15 is 0 Å². The van der Waals surface area contributed by atoms with Gasteiger partial charge < -0.3 is 5.84 Å². The van der Waals surface area contributed by atoms with Gasteiger partial charge in [0.25, 0.3) is 0 Å². The molecular formula is C14H15N3O2S. The van der Waals surface area contributed by atoms with Crippen molar-refractivity contribution in [1.82, 2.24) is 0 Å². The fourth-order valence-corrected chi connectivity index (χ4v) is 2.39. The fourth-order valence-electron chi connectivity index (χ4n) is 1.82. The lowest BCUT2D eigenvalue weighted by atomic mass is 10.0. The van der Waals surface area contributed by atoms with Gasteiger partial charge in [-0.1, -0.05) is 42.5 Å². The number of rotatable bonds is 4. The van der Waals surface area contributed by atoms with Gasteiger partial charge in [-0.15, -0.1) is 0 Å². The summed E-state index contributed by atoms with van der Waals surface area (Å²) in [6.07, 6.45) is 1.11. The van der Waals surface area contributed by atoms with Crippen LogP contribution < -0.4 is 10.6 Å².